The second-order valence-electron chi connectivity index (χ2n) is 8.90. The highest BCUT2D eigenvalue weighted by molar-refractivity contribution is 5.94. The van der Waals surface area contributed by atoms with Crippen molar-refractivity contribution < 1.29 is 18.0 Å². The maximum Gasteiger partial charge on any atom is 0.253 e. The number of benzene rings is 2. The molecular formula is C28H25F2N3O2. The van der Waals surface area contributed by atoms with Crippen LogP contribution in [0.1, 0.15) is 57.6 Å². The monoisotopic (exact) mass is 473 g/mol. The van der Waals surface area contributed by atoms with E-state index >= 15 is 0 Å². The second kappa shape index (κ2) is 10.2. The minimum absolute atomic E-state index is 0.00878. The van der Waals surface area contributed by atoms with Gasteiger partial charge in [0.1, 0.15) is 17.4 Å². The van der Waals surface area contributed by atoms with E-state index in [1.165, 1.54) is 24.3 Å². The third kappa shape index (κ3) is 5.62. The number of rotatable bonds is 6. The van der Waals surface area contributed by atoms with Crippen molar-refractivity contribution in [3.8, 4) is 0 Å². The van der Waals surface area contributed by atoms with Gasteiger partial charge in [-0.3, -0.25) is 9.78 Å². The van der Waals surface area contributed by atoms with Crippen LogP contribution in [-0.2, 0) is 12.8 Å². The predicted octanol–water partition coefficient (Wildman–Crippen LogP) is 5.55. The van der Waals surface area contributed by atoms with Crippen LogP contribution in [0.25, 0.3) is 0 Å². The molecule has 1 aliphatic heterocycles. The first-order chi connectivity index (χ1) is 17.0. The molecule has 1 aliphatic rings. The molecule has 2 aromatic carbocycles. The molecule has 7 heteroatoms. The summed E-state index contributed by atoms with van der Waals surface area (Å²) in [6.45, 7) is 1.19. The van der Waals surface area contributed by atoms with Crippen molar-refractivity contribution in [3.63, 3.8) is 0 Å². The van der Waals surface area contributed by atoms with Crippen molar-refractivity contribution in [2.24, 2.45) is 0 Å². The summed E-state index contributed by atoms with van der Waals surface area (Å²) < 4.78 is 32.6. The summed E-state index contributed by atoms with van der Waals surface area (Å²) in [5, 5.41) is 0. The highest BCUT2D eigenvalue weighted by Gasteiger charge is 2.28. The Labute approximate surface area is 202 Å². The average molecular weight is 474 g/mol. The van der Waals surface area contributed by atoms with Gasteiger partial charge in [0.2, 0.25) is 0 Å². The van der Waals surface area contributed by atoms with Crippen molar-refractivity contribution >= 4 is 5.91 Å². The number of hydrogen-bond donors (Lipinski definition) is 0. The molecule has 4 aromatic rings. The van der Waals surface area contributed by atoms with Gasteiger partial charge in [-0.15, -0.1) is 0 Å². The smallest absolute Gasteiger partial charge is 0.253 e. The number of carbonyl (C=O) groups excluding carboxylic acids is 1. The maximum absolute atomic E-state index is 13.5. The lowest BCUT2D eigenvalue weighted by atomic mass is 9.97. The Hall–Kier alpha value is -3.87. The van der Waals surface area contributed by atoms with Gasteiger partial charge in [-0.2, -0.15) is 0 Å². The number of aromatic nitrogens is 2. The van der Waals surface area contributed by atoms with E-state index in [1.807, 2.05) is 11.0 Å². The zero-order valence-corrected chi connectivity index (χ0v) is 19.2. The highest BCUT2D eigenvalue weighted by Crippen LogP contribution is 2.28. The Kier molecular flexibility index (Phi) is 6.66. The van der Waals surface area contributed by atoms with Gasteiger partial charge in [0, 0.05) is 43.4 Å². The molecule has 178 valence electrons. The fourth-order valence-corrected chi connectivity index (χ4v) is 4.51. The lowest BCUT2D eigenvalue weighted by molar-refractivity contribution is 0.0697. The van der Waals surface area contributed by atoms with Crippen LogP contribution in [0.4, 0.5) is 8.78 Å². The van der Waals surface area contributed by atoms with Gasteiger partial charge in [-0.1, -0.05) is 24.3 Å². The zero-order chi connectivity index (χ0) is 24.2. The number of carbonyl (C=O) groups is 1. The van der Waals surface area contributed by atoms with Gasteiger partial charge < -0.3 is 9.32 Å². The summed E-state index contributed by atoms with van der Waals surface area (Å²) in [6, 6.07) is 16.2. The normalized spacial score (nSPS) is 15.8. The Balaban J connectivity index is 1.25. The van der Waals surface area contributed by atoms with E-state index in [0.29, 0.717) is 43.1 Å². The first-order valence-electron chi connectivity index (χ1n) is 11.7. The number of oxazole rings is 1. The van der Waals surface area contributed by atoms with Gasteiger partial charge in [0.05, 0.1) is 12.1 Å². The summed E-state index contributed by atoms with van der Waals surface area (Å²) in [5.41, 5.74) is 3.09. The van der Waals surface area contributed by atoms with Crippen LogP contribution in [0, 0.1) is 11.6 Å². The summed E-state index contributed by atoms with van der Waals surface area (Å²) in [6.07, 6.45) is 6.05. The fourth-order valence-electron chi connectivity index (χ4n) is 4.51. The van der Waals surface area contributed by atoms with E-state index in [2.05, 4.69) is 9.97 Å². The quantitative estimate of drug-likeness (QED) is 0.369. The van der Waals surface area contributed by atoms with Crippen LogP contribution < -0.4 is 0 Å². The van der Waals surface area contributed by atoms with Crippen LogP contribution in [0.3, 0.4) is 0 Å². The second-order valence-corrected chi connectivity index (χ2v) is 8.90. The molecule has 0 aliphatic carbocycles. The van der Waals surface area contributed by atoms with Crippen LogP contribution in [0.15, 0.2) is 77.5 Å². The van der Waals surface area contributed by atoms with Crippen LogP contribution in [0.5, 0.6) is 0 Å². The van der Waals surface area contributed by atoms with Gasteiger partial charge in [-0.05, 0) is 60.4 Å². The lowest BCUT2D eigenvalue weighted by Gasteiger charge is -2.31. The minimum Gasteiger partial charge on any atom is -0.445 e. The SMILES string of the molecule is O=C(c1ccnc(Cc2ccc(F)cc2)c1)N1CCC[C@@H](c2ncc(Cc3cccc(F)c3)o2)C1. The molecule has 3 heterocycles. The molecule has 1 atom stereocenters. The fraction of sp³-hybridized carbons (Fsp3) is 0.250. The molecule has 1 fully saturated rings. The number of amides is 1. The summed E-state index contributed by atoms with van der Waals surface area (Å²) >= 11 is 0. The van der Waals surface area contributed by atoms with E-state index in [4.69, 9.17) is 4.42 Å². The van der Waals surface area contributed by atoms with Crippen molar-refractivity contribution in [2.75, 3.05) is 13.1 Å². The Morgan fingerprint density at radius 1 is 0.971 bits per heavy atom. The first-order valence-corrected chi connectivity index (χ1v) is 11.7. The molecule has 0 bridgehead atoms. The molecule has 0 radical (unpaired) electrons. The molecule has 0 unspecified atom stereocenters. The summed E-state index contributed by atoms with van der Waals surface area (Å²) in [5.74, 6) is 0.686. The Bertz CT molecular complexity index is 1320. The van der Waals surface area contributed by atoms with Crippen molar-refractivity contribution in [2.45, 2.75) is 31.6 Å². The molecule has 0 N–H and O–H groups in total. The Morgan fingerprint density at radius 3 is 2.66 bits per heavy atom. The summed E-state index contributed by atoms with van der Waals surface area (Å²) in [7, 11) is 0. The number of hydrogen-bond acceptors (Lipinski definition) is 4. The third-order valence-electron chi connectivity index (χ3n) is 6.26. The first kappa shape index (κ1) is 22.9. The molecule has 2 aromatic heterocycles. The largest absolute Gasteiger partial charge is 0.445 e. The van der Waals surface area contributed by atoms with Crippen molar-refractivity contribution in [3.05, 3.63) is 119 Å². The topological polar surface area (TPSA) is 59.2 Å². The molecule has 5 nitrogen and oxygen atoms in total. The molecule has 5 rings (SSSR count). The van der Waals surface area contributed by atoms with E-state index in [1.54, 1.807) is 42.7 Å². The van der Waals surface area contributed by atoms with Gasteiger partial charge in [0.25, 0.3) is 5.91 Å². The standard InChI is InChI=1S/C28H25F2N3O2/c29-23-8-6-19(7-9-23)14-25-16-21(10-11-31-25)28(34)33-12-2-4-22(18-33)27-32-17-26(35-27)15-20-3-1-5-24(30)13-20/h1,3,5-11,13,16-17,22H,2,4,12,14-15,18H2/t22-/m1/s1. The maximum atomic E-state index is 13.5. The number of pyridine rings is 1. The van der Waals surface area contributed by atoms with Gasteiger partial charge in [-0.25, -0.2) is 13.8 Å². The zero-order valence-electron chi connectivity index (χ0n) is 19.2. The van der Waals surface area contributed by atoms with Gasteiger partial charge >= 0.3 is 0 Å². The number of piperidine rings is 1. The minimum atomic E-state index is -0.280. The van der Waals surface area contributed by atoms with Crippen LogP contribution >= 0.6 is 0 Å². The summed E-state index contributed by atoms with van der Waals surface area (Å²) in [4.78, 5) is 23.9. The third-order valence-corrected chi connectivity index (χ3v) is 6.26. The van der Waals surface area contributed by atoms with Crippen molar-refractivity contribution in [1.82, 2.24) is 14.9 Å². The number of nitrogens with zero attached hydrogens (tertiary/aromatic N) is 3. The van der Waals surface area contributed by atoms with E-state index in [-0.39, 0.29) is 23.5 Å². The average Bonchev–Trinajstić information content (AvgIpc) is 3.34. The molecule has 0 spiro atoms. The molecule has 0 saturated carbocycles. The number of halogens is 2. The molecule has 1 amide bonds. The van der Waals surface area contributed by atoms with Crippen molar-refractivity contribution in [1.29, 1.82) is 0 Å². The van der Waals surface area contributed by atoms with E-state index in [0.717, 1.165) is 29.7 Å². The Morgan fingerprint density at radius 2 is 1.83 bits per heavy atom. The molecule has 35 heavy (non-hydrogen) atoms. The van der Waals surface area contributed by atoms with Crippen LogP contribution in [-0.4, -0.2) is 33.9 Å². The van der Waals surface area contributed by atoms with Crippen LogP contribution in [0.2, 0.25) is 0 Å². The van der Waals surface area contributed by atoms with E-state index < -0.39 is 0 Å². The van der Waals surface area contributed by atoms with E-state index in [9.17, 15) is 13.6 Å². The number of likely N-dealkylation sites (tertiary alicyclic amines) is 1. The lowest BCUT2D eigenvalue weighted by Crippen LogP contribution is -2.39. The highest BCUT2D eigenvalue weighted by atomic mass is 19.1. The predicted molar refractivity (Wildman–Crippen MR) is 127 cm³/mol. The molecular weight excluding hydrogens is 448 g/mol. The molecule has 1 saturated heterocycles. The van der Waals surface area contributed by atoms with Gasteiger partial charge in [0.15, 0.2) is 5.89 Å².